The molecule has 1 aromatic carbocycles. The van der Waals surface area contributed by atoms with E-state index in [9.17, 15) is 9.18 Å². The van der Waals surface area contributed by atoms with Crippen molar-refractivity contribution in [2.45, 2.75) is 12.8 Å². The van der Waals surface area contributed by atoms with Crippen LogP contribution in [0.5, 0.6) is 0 Å². The van der Waals surface area contributed by atoms with Crippen LogP contribution < -0.4 is 5.32 Å². The molecule has 1 amide bonds. The van der Waals surface area contributed by atoms with Crippen molar-refractivity contribution in [1.82, 2.24) is 15.2 Å². The minimum absolute atomic E-state index is 0.0427. The molecule has 0 unspecified atom stereocenters. The van der Waals surface area contributed by atoms with Gasteiger partial charge in [-0.3, -0.25) is 9.69 Å². The molecule has 1 aromatic heterocycles. The molecule has 6 nitrogen and oxygen atoms in total. The highest BCUT2D eigenvalue weighted by Crippen LogP contribution is 2.23. The molecule has 3 rings (SSSR count). The van der Waals surface area contributed by atoms with E-state index in [0.29, 0.717) is 36.6 Å². The standard InChI is InChI=1S/C18H22FN3O3/c19-15-4-2-1-3-14(15)16-13-21-18(25-16)6-5-17(23)20-7-8-22-9-11-24-12-10-22/h1-4,13H,5-12H2,(H,20,23). The quantitative estimate of drug-likeness (QED) is 0.828. The number of nitrogens with one attached hydrogen (secondary N) is 1. The Morgan fingerprint density at radius 2 is 2.08 bits per heavy atom. The van der Waals surface area contributed by atoms with E-state index in [0.717, 1.165) is 32.8 Å². The Kier molecular flexibility index (Phi) is 6.14. The van der Waals surface area contributed by atoms with Crippen molar-refractivity contribution >= 4 is 5.91 Å². The van der Waals surface area contributed by atoms with Crippen LogP contribution in [0, 0.1) is 5.82 Å². The van der Waals surface area contributed by atoms with Crippen molar-refractivity contribution in [2.24, 2.45) is 0 Å². The maximum Gasteiger partial charge on any atom is 0.220 e. The summed E-state index contributed by atoms with van der Waals surface area (Å²) in [4.78, 5) is 18.3. The van der Waals surface area contributed by atoms with Crippen molar-refractivity contribution in [3.8, 4) is 11.3 Å². The second-order valence-electron chi connectivity index (χ2n) is 5.90. The molecule has 0 saturated carbocycles. The first-order valence-electron chi connectivity index (χ1n) is 8.49. The van der Waals surface area contributed by atoms with Gasteiger partial charge in [0, 0.05) is 39.0 Å². The van der Waals surface area contributed by atoms with Gasteiger partial charge in [-0.2, -0.15) is 0 Å². The molecule has 2 aromatic rings. The molecule has 7 heteroatoms. The summed E-state index contributed by atoms with van der Waals surface area (Å²) in [5.41, 5.74) is 0.371. The Morgan fingerprint density at radius 3 is 2.88 bits per heavy atom. The van der Waals surface area contributed by atoms with Crippen molar-refractivity contribution in [3.05, 3.63) is 42.2 Å². The van der Waals surface area contributed by atoms with E-state index >= 15 is 0 Å². The van der Waals surface area contributed by atoms with Crippen LogP contribution in [0.4, 0.5) is 4.39 Å². The Hall–Kier alpha value is -2.25. The van der Waals surface area contributed by atoms with Crippen LogP contribution in [0.3, 0.4) is 0 Å². The third-order valence-corrected chi connectivity index (χ3v) is 4.11. The lowest BCUT2D eigenvalue weighted by molar-refractivity contribution is -0.121. The third-order valence-electron chi connectivity index (χ3n) is 4.11. The number of carbonyl (C=O) groups is 1. The first kappa shape index (κ1) is 17.6. The molecule has 0 radical (unpaired) electrons. The van der Waals surface area contributed by atoms with Gasteiger partial charge in [-0.1, -0.05) is 12.1 Å². The van der Waals surface area contributed by atoms with Crippen LogP contribution in [0.2, 0.25) is 0 Å². The Balaban J connectivity index is 1.41. The second-order valence-corrected chi connectivity index (χ2v) is 5.90. The van der Waals surface area contributed by atoms with Gasteiger partial charge in [0.2, 0.25) is 5.91 Å². The molecule has 25 heavy (non-hydrogen) atoms. The zero-order valence-electron chi connectivity index (χ0n) is 14.0. The highest BCUT2D eigenvalue weighted by atomic mass is 19.1. The Bertz CT molecular complexity index is 698. The summed E-state index contributed by atoms with van der Waals surface area (Å²) in [7, 11) is 0. The number of benzene rings is 1. The minimum atomic E-state index is -0.356. The fraction of sp³-hybridized carbons (Fsp3) is 0.444. The fourth-order valence-electron chi connectivity index (χ4n) is 2.70. The molecule has 1 aliphatic heterocycles. The average Bonchev–Trinajstić information content (AvgIpc) is 3.10. The summed E-state index contributed by atoms with van der Waals surface area (Å²) in [6.07, 6.45) is 2.17. The molecule has 1 aliphatic rings. The van der Waals surface area contributed by atoms with E-state index in [1.54, 1.807) is 18.2 Å². The van der Waals surface area contributed by atoms with Crippen molar-refractivity contribution in [3.63, 3.8) is 0 Å². The van der Waals surface area contributed by atoms with E-state index in [2.05, 4.69) is 15.2 Å². The number of morpholine rings is 1. The van der Waals surface area contributed by atoms with E-state index < -0.39 is 0 Å². The minimum Gasteiger partial charge on any atom is -0.441 e. The van der Waals surface area contributed by atoms with Crippen LogP contribution in [-0.4, -0.2) is 55.2 Å². The van der Waals surface area contributed by atoms with E-state index in [1.807, 2.05) is 0 Å². The van der Waals surface area contributed by atoms with Gasteiger partial charge in [0.15, 0.2) is 11.7 Å². The van der Waals surface area contributed by atoms with Gasteiger partial charge in [-0.05, 0) is 12.1 Å². The van der Waals surface area contributed by atoms with Gasteiger partial charge in [0.25, 0.3) is 0 Å². The molecule has 0 bridgehead atoms. The number of amides is 1. The Morgan fingerprint density at radius 1 is 1.28 bits per heavy atom. The molecule has 0 spiro atoms. The predicted molar refractivity (Wildman–Crippen MR) is 90.5 cm³/mol. The number of hydrogen-bond donors (Lipinski definition) is 1. The SMILES string of the molecule is O=C(CCc1ncc(-c2ccccc2F)o1)NCCN1CCOCC1. The predicted octanol–water partition coefficient (Wildman–Crippen LogP) is 1.86. The summed E-state index contributed by atoms with van der Waals surface area (Å²) in [5, 5.41) is 2.90. The number of aromatic nitrogens is 1. The van der Waals surface area contributed by atoms with Gasteiger partial charge in [-0.15, -0.1) is 0 Å². The number of carbonyl (C=O) groups excluding carboxylic acids is 1. The van der Waals surface area contributed by atoms with Gasteiger partial charge < -0.3 is 14.5 Å². The van der Waals surface area contributed by atoms with Crippen molar-refractivity contribution in [1.29, 1.82) is 0 Å². The van der Waals surface area contributed by atoms with Gasteiger partial charge >= 0.3 is 0 Å². The second kappa shape index (κ2) is 8.73. The van der Waals surface area contributed by atoms with Crippen LogP contribution in [0.1, 0.15) is 12.3 Å². The molecule has 2 heterocycles. The lowest BCUT2D eigenvalue weighted by atomic mass is 10.2. The van der Waals surface area contributed by atoms with E-state index in [1.165, 1.54) is 12.3 Å². The van der Waals surface area contributed by atoms with Crippen LogP contribution in [0.25, 0.3) is 11.3 Å². The van der Waals surface area contributed by atoms with E-state index in [-0.39, 0.29) is 11.7 Å². The van der Waals surface area contributed by atoms with Crippen LogP contribution in [0.15, 0.2) is 34.9 Å². The summed E-state index contributed by atoms with van der Waals surface area (Å²) < 4.78 is 24.6. The molecule has 0 aliphatic carbocycles. The highest BCUT2D eigenvalue weighted by molar-refractivity contribution is 5.76. The van der Waals surface area contributed by atoms with Gasteiger partial charge in [0.05, 0.1) is 25.0 Å². The molecular weight excluding hydrogens is 325 g/mol. The number of halogens is 1. The van der Waals surface area contributed by atoms with Gasteiger partial charge in [0.1, 0.15) is 5.82 Å². The number of oxazole rings is 1. The van der Waals surface area contributed by atoms with Crippen molar-refractivity contribution in [2.75, 3.05) is 39.4 Å². The average molecular weight is 347 g/mol. The maximum absolute atomic E-state index is 13.7. The van der Waals surface area contributed by atoms with Crippen LogP contribution >= 0.6 is 0 Å². The number of ether oxygens (including phenoxy) is 1. The normalized spacial score (nSPS) is 15.2. The number of aryl methyl sites for hydroxylation is 1. The molecule has 1 fully saturated rings. The zero-order valence-corrected chi connectivity index (χ0v) is 14.0. The van der Waals surface area contributed by atoms with Gasteiger partial charge in [-0.25, -0.2) is 9.37 Å². The third kappa shape index (κ3) is 5.11. The number of hydrogen-bond acceptors (Lipinski definition) is 5. The topological polar surface area (TPSA) is 67.6 Å². The highest BCUT2D eigenvalue weighted by Gasteiger charge is 2.13. The maximum atomic E-state index is 13.7. The molecule has 1 saturated heterocycles. The first-order valence-corrected chi connectivity index (χ1v) is 8.49. The van der Waals surface area contributed by atoms with Crippen molar-refractivity contribution < 1.29 is 18.3 Å². The smallest absolute Gasteiger partial charge is 0.220 e. The summed E-state index contributed by atoms with van der Waals surface area (Å²) in [5.74, 6) is 0.410. The number of rotatable bonds is 7. The lowest BCUT2D eigenvalue weighted by Gasteiger charge is -2.26. The zero-order chi connectivity index (χ0) is 17.5. The molecular formula is C18H22FN3O3. The fourth-order valence-corrected chi connectivity index (χ4v) is 2.70. The number of nitrogens with zero attached hydrogens (tertiary/aromatic N) is 2. The molecule has 1 N–H and O–H groups in total. The lowest BCUT2D eigenvalue weighted by Crippen LogP contribution is -2.41. The first-order chi connectivity index (χ1) is 12.2. The van der Waals surface area contributed by atoms with E-state index in [4.69, 9.17) is 9.15 Å². The monoisotopic (exact) mass is 347 g/mol. The largest absolute Gasteiger partial charge is 0.441 e. The van der Waals surface area contributed by atoms with Crippen LogP contribution in [-0.2, 0) is 16.0 Å². The summed E-state index contributed by atoms with van der Waals surface area (Å²) >= 11 is 0. The molecule has 0 atom stereocenters. The summed E-state index contributed by atoms with van der Waals surface area (Å²) in [6, 6.07) is 6.37. The summed E-state index contributed by atoms with van der Waals surface area (Å²) in [6.45, 7) is 4.76. The molecule has 134 valence electrons. The Labute approximate surface area is 146 Å².